The van der Waals surface area contributed by atoms with Crippen LogP contribution in [0.3, 0.4) is 0 Å². The van der Waals surface area contributed by atoms with Crippen molar-refractivity contribution in [2.45, 2.75) is 50.7 Å². The first-order chi connectivity index (χ1) is 8.58. The zero-order valence-corrected chi connectivity index (χ0v) is 11.7. The molecule has 0 aliphatic carbocycles. The summed E-state index contributed by atoms with van der Waals surface area (Å²) >= 11 is 0. The van der Waals surface area contributed by atoms with Crippen LogP contribution in [0, 0.1) is 0 Å². The van der Waals surface area contributed by atoms with Gasteiger partial charge in [-0.15, -0.1) is 0 Å². The molecule has 0 aromatic carbocycles. The van der Waals surface area contributed by atoms with E-state index in [1.165, 1.54) is 17.1 Å². The van der Waals surface area contributed by atoms with Crippen molar-refractivity contribution >= 4 is 10.0 Å². The molecule has 0 saturated carbocycles. The minimum atomic E-state index is -3.18. The highest BCUT2D eigenvalue weighted by molar-refractivity contribution is 7.89. The summed E-state index contributed by atoms with van der Waals surface area (Å²) in [5, 5.41) is 12.9. The minimum Gasteiger partial charge on any atom is -0.392 e. The van der Waals surface area contributed by atoms with E-state index in [0.717, 1.165) is 25.8 Å². The number of sulfonamides is 1. The standard InChI is InChI=1S/C12H24N2O3S/c15-12-5-3-8-14(10-12)18(16,17)9-6-11-4-1-2-7-13-11/h11-13,15H,1-10H2. The number of β-amino-alcohol motifs (C(OH)–C–C–N with tert-alkyl or cyclic N) is 1. The first-order valence-electron chi connectivity index (χ1n) is 6.97. The second-order valence-corrected chi connectivity index (χ2v) is 7.49. The van der Waals surface area contributed by atoms with E-state index in [1.807, 2.05) is 0 Å². The highest BCUT2D eigenvalue weighted by Gasteiger charge is 2.28. The minimum absolute atomic E-state index is 0.206. The van der Waals surface area contributed by atoms with E-state index in [4.69, 9.17) is 0 Å². The third-order valence-electron chi connectivity index (χ3n) is 3.89. The molecule has 2 aliphatic heterocycles. The average Bonchev–Trinajstić information content (AvgIpc) is 2.38. The largest absolute Gasteiger partial charge is 0.392 e. The van der Waals surface area contributed by atoms with Gasteiger partial charge < -0.3 is 10.4 Å². The Bertz CT molecular complexity index is 352. The van der Waals surface area contributed by atoms with E-state index in [0.29, 0.717) is 19.0 Å². The Hall–Kier alpha value is -0.170. The molecule has 0 bridgehead atoms. The van der Waals surface area contributed by atoms with Crippen LogP contribution in [0.1, 0.15) is 38.5 Å². The van der Waals surface area contributed by atoms with Gasteiger partial charge in [-0.25, -0.2) is 8.42 Å². The van der Waals surface area contributed by atoms with Gasteiger partial charge in [0.15, 0.2) is 0 Å². The quantitative estimate of drug-likeness (QED) is 0.775. The van der Waals surface area contributed by atoms with Gasteiger partial charge in [0.2, 0.25) is 10.0 Å². The molecule has 18 heavy (non-hydrogen) atoms. The molecule has 2 fully saturated rings. The van der Waals surface area contributed by atoms with Crippen LogP contribution >= 0.6 is 0 Å². The Morgan fingerprint density at radius 2 is 2.06 bits per heavy atom. The molecule has 2 rings (SSSR count). The summed E-state index contributed by atoms with van der Waals surface area (Å²) in [7, 11) is -3.18. The number of nitrogens with one attached hydrogen (secondary N) is 1. The lowest BCUT2D eigenvalue weighted by molar-refractivity contribution is 0.108. The maximum atomic E-state index is 12.2. The number of piperidine rings is 2. The van der Waals surface area contributed by atoms with Crippen molar-refractivity contribution in [2.75, 3.05) is 25.4 Å². The zero-order valence-electron chi connectivity index (χ0n) is 10.8. The average molecular weight is 276 g/mol. The van der Waals surface area contributed by atoms with Crippen LogP contribution in [-0.2, 0) is 10.0 Å². The molecule has 5 nitrogen and oxygen atoms in total. The summed E-state index contributed by atoms with van der Waals surface area (Å²) < 4.78 is 25.8. The molecule has 0 aromatic heterocycles. The number of nitrogens with zero attached hydrogens (tertiary/aromatic N) is 1. The van der Waals surface area contributed by atoms with E-state index < -0.39 is 16.1 Å². The lowest BCUT2D eigenvalue weighted by atomic mass is 10.0. The molecule has 0 radical (unpaired) electrons. The SMILES string of the molecule is O=S(=O)(CCC1CCCCN1)N1CCCC(O)C1. The Labute approximate surface area is 110 Å². The summed E-state index contributed by atoms with van der Waals surface area (Å²) in [6.07, 6.45) is 5.16. The number of aliphatic hydroxyl groups is 1. The molecule has 6 heteroatoms. The monoisotopic (exact) mass is 276 g/mol. The Balaban J connectivity index is 1.82. The van der Waals surface area contributed by atoms with Gasteiger partial charge in [-0.3, -0.25) is 0 Å². The molecular formula is C12H24N2O3S. The Morgan fingerprint density at radius 3 is 2.72 bits per heavy atom. The van der Waals surface area contributed by atoms with Crippen molar-refractivity contribution in [2.24, 2.45) is 0 Å². The third-order valence-corrected chi connectivity index (χ3v) is 5.76. The highest BCUT2D eigenvalue weighted by atomic mass is 32.2. The molecule has 0 aromatic rings. The molecule has 2 aliphatic rings. The number of rotatable bonds is 4. The first kappa shape index (κ1) is 14.2. The summed E-state index contributed by atoms with van der Waals surface area (Å²) in [5.74, 6) is 0.206. The van der Waals surface area contributed by atoms with Crippen LogP contribution < -0.4 is 5.32 Å². The van der Waals surface area contributed by atoms with E-state index >= 15 is 0 Å². The Morgan fingerprint density at radius 1 is 1.22 bits per heavy atom. The van der Waals surface area contributed by atoms with Crippen molar-refractivity contribution in [1.82, 2.24) is 9.62 Å². The van der Waals surface area contributed by atoms with Gasteiger partial charge in [-0.05, 0) is 38.6 Å². The van der Waals surface area contributed by atoms with E-state index in [9.17, 15) is 13.5 Å². The molecule has 0 spiro atoms. The second kappa shape index (κ2) is 6.32. The van der Waals surface area contributed by atoms with Crippen molar-refractivity contribution in [3.63, 3.8) is 0 Å². The summed E-state index contributed by atoms with van der Waals surface area (Å²) in [4.78, 5) is 0. The number of aliphatic hydroxyl groups excluding tert-OH is 1. The third kappa shape index (κ3) is 3.91. The predicted molar refractivity (Wildman–Crippen MR) is 70.9 cm³/mol. The van der Waals surface area contributed by atoms with Crippen LogP contribution in [0.2, 0.25) is 0 Å². The van der Waals surface area contributed by atoms with Crippen LogP contribution in [0.4, 0.5) is 0 Å². The number of hydrogen-bond acceptors (Lipinski definition) is 4. The van der Waals surface area contributed by atoms with Crippen LogP contribution in [-0.4, -0.2) is 55.4 Å². The van der Waals surface area contributed by atoms with Gasteiger partial charge in [0.25, 0.3) is 0 Å². The lowest BCUT2D eigenvalue weighted by Crippen LogP contribution is -2.44. The second-order valence-electron chi connectivity index (χ2n) is 5.41. The molecule has 2 heterocycles. The maximum absolute atomic E-state index is 12.2. The van der Waals surface area contributed by atoms with Gasteiger partial charge in [-0.1, -0.05) is 6.42 Å². The van der Waals surface area contributed by atoms with Crippen molar-refractivity contribution in [1.29, 1.82) is 0 Å². The summed E-state index contributed by atoms with van der Waals surface area (Å²) in [6.45, 7) is 1.85. The fourth-order valence-electron chi connectivity index (χ4n) is 2.76. The molecule has 0 amide bonds. The molecule has 2 saturated heterocycles. The van der Waals surface area contributed by atoms with Crippen molar-refractivity contribution in [3.05, 3.63) is 0 Å². The van der Waals surface area contributed by atoms with Crippen LogP contribution in [0.15, 0.2) is 0 Å². The van der Waals surface area contributed by atoms with Gasteiger partial charge in [0.1, 0.15) is 0 Å². The fourth-order valence-corrected chi connectivity index (χ4v) is 4.41. The fraction of sp³-hybridized carbons (Fsp3) is 1.00. The van der Waals surface area contributed by atoms with E-state index in [1.54, 1.807) is 0 Å². The van der Waals surface area contributed by atoms with Gasteiger partial charge in [-0.2, -0.15) is 4.31 Å². The topological polar surface area (TPSA) is 69.6 Å². The van der Waals surface area contributed by atoms with Gasteiger partial charge >= 0.3 is 0 Å². The van der Waals surface area contributed by atoms with E-state index in [2.05, 4.69) is 5.32 Å². The molecule has 2 unspecified atom stereocenters. The molecular weight excluding hydrogens is 252 g/mol. The zero-order chi connectivity index (χ0) is 13.0. The summed E-state index contributed by atoms with van der Waals surface area (Å²) in [5.41, 5.74) is 0. The highest BCUT2D eigenvalue weighted by Crippen LogP contribution is 2.17. The first-order valence-corrected chi connectivity index (χ1v) is 8.58. The van der Waals surface area contributed by atoms with Crippen LogP contribution in [0.5, 0.6) is 0 Å². The van der Waals surface area contributed by atoms with Gasteiger partial charge in [0, 0.05) is 19.1 Å². The summed E-state index contributed by atoms with van der Waals surface area (Å²) in [6, 6.07) is 0.350. The van der Waals surface area contributed by atoms with Crippen molar-refractivity contribution in [3.8, 4) is 0 Å². The van der Waals surface area contributed by atoms with Crippen LogP contribution in [0.25, 0.3) is 0 Å². The molecule has 2 N–H and O–H groups in total. The van der Waals surface area contributed by atoms with Crippen molar-refractivity contribution < 1.29 is 13.5 Å². The Kier molecular flexibility index (Phi) is 5.00. The lowest BCUT2D eigenvalue weighted by Gasteiger charge is -2.30. The van der Waals surface area contributed by atoms with E-state index in [-0.39, 0.29) is 12.3 Å². The van der Waals surface area contributed by atoms with Gasteiger partial charge in [0.05, 0.1) is 11.9 Å². The predicted octanol–water partition coefficient (Wildman–Crippen LogP) is 0.305. The maximum Gasteiger partial charge on any atom is 0.214 e. The number of hydrogen-bond donors (Lipinski definition) is 2. The smallest absolute Gasteiger partial charge is 0.214 e. The molecule has 106 valence electrons. The molecule has 2 atom stereocenters. The normalized spacial score (nSPS) is 31.4.